The van der Waals surface area contributed by atoms with Crippen molar-refractivity contribution in [2.45, 2.75) is 63.3 Å². The van der Waals surface area contributed by atoms with Gasteiger partial charge >= 0.3 is 0 Å². The maximum absolute atomic E-state index is 13.7. The summed E-state index contributed by atoms with van der Waals surface area (Å²) >= 11 is 1.51. The van der Waals surface area contributed by atoms with Crippen LogP contribution in [0.4, 0.5) is 0 Å². The number of rotatable bonds is 9. The van der Waals surface area contributed by atoms with Gasteiger partial charge in [-0.1, -0.05) is 18.9 Å². The van der Waals surface area contributed by atoms with E-state index in [1.807, 2.05) is 17.5 Å². The fraction of sp³-hybridized carbons (Fsp3) is 0.500. The van der Waals surface area contributed by atoms with Crippen LogP contribution in [0, 0.1) is 0 Å². The Morgan fingerprint density at radius 3 is 2.71 bits per heavy atom. The number of carbonyl (C=O) groups excluding carboxylic acids is 2. The van der Waals surface area contributed by atoms with Gasteiger partial charge in [-0.05, 0) is 60.0 Å². The van der Waals surface area contributed by atoms with Gasteiger partial charge in [0, 0.05) is 31.6 Å². The predicted molar refractivity (Wildman–Crippen MR) is 129 cm³/mol. The molecule has 11 heteroatoms. The molecule has 10 nitrogen and oxygen atoms in total. The molecule has 35 heavy (non-hydrogen) atoms. The predicted octanol–water partition coefficient (Wildman–Crippen LogP) is 2.60. The van der Waals surface area contributed by atoms with Crippen molar-refractivity contribution >= 4 is 23.2 Å². The standard InChI is InChI=1S/C24H29N7O3S/c32-21(16-31-28-23(27-29-31)20-8-4-14-35-20)30(15-19-7-3-13-34-19)22(17-9-11-25-12-10-17)24(33)26-18-5-1-2-6-18/h4,8-12,14,18-19,22H,1-3,5-7,13,15-16H2,(H,26,33)/t19-,22+/m0/s1. The van der Waals surface area contributed by atoms with Gasteiger partial charge in [0.25, 0.3) is 0 Å². The van der Waals surface area contributed by atoms with Gasteiger partial charge in [-0.15, -0.1) is 21.5 Å². The smallest absolute Gasteiger partial charge is 0.247 e. The van der Waals surface area contributed by atoms with E-state index in [0.29, 0.717) is 24.5 Å². The molecule has 2 amide bonds. The molecule has 4 heterocycles. The second-order valence-corrected chi connectivity index (χ2v) is 9.92. The molecule has 5 rings (SSSR count). The van der Waals surface area contributed by atoms with Gasteiger partial charge in [0.05, 0.1) is 11.0 Å². The molecule has 1 aliphatic heterocycles. The van der Waals surface area contributed by atoms with Crippen LogP contribution < -0.4 is 5.32 Å². The average molecular weight is 496 g/mol. The van der Waals surface area contributed by atoms with Crippen LogP contribution in [0.2, 0.25) is 0 Å². The highest BCUT2D eigenvalue weighted by Gasteiger charge is 2.35. The Hall–Kier alpha value is -3.18. The largest absolute Gasteiger partial charge is 0.376 e. The molecule has 2 atom stereocenters. The van der Waals surface area contributed by atoms with Gasteiger partial charge in [-0.25, -0.2) is 0 Å². The highest BCUT2D eigenvalue weighted by molar-refractivity contribution is 7.13. The number of nitrogens with zero attached hydrogens (tertiary/aromatic N) is 6. The molecule has 1 N–H and O–H groups in total. The lowest BCUT2D eigenvalue weighted by Gasteiger charge is -2.33. The summed E-state index contributed by atoms with van der Waals surface area (Å²) in [7, 11) is 0. The Labute approximate surface area is 207 Å². The van der Waals surface area contributed by atoms with Crippen LogP contribution in [0.15, 0.2) is 42.0 Å². The van der Waals surface area contributed by atoms with Crippen molar-refractivity contribution in [1.29, 1.82) is 0 Å². The summed E-state index contributed by atoms with van der Waals surface area (Å²) < 4.78 is 5.85. The van der Waals surface area contributed by atoms with Crippen molar-refractivity contribution < 1.29 is 14.3 Å². The number of thiophene rings is 1. The van der Waals surface area contributed by atoms with E-state index < -0.39 is 6.04 Å². The molecule has 0 spiro atoms. The zero-order valence-corrected chi connectivity index (χ0v) is 20.3. The summed E-state index contributed by atoms with van der Waals surface area (Å²) in [5, 5.41) is 17.7. The van der Waals surface area contributed by atoms with Gasteiger partial charge in [-0.2, -0.15) is 4.80 Å². The Kier molecular flexibility index (Phi) is 7.43. The fourth-order valence-corrected chi connectivity index (χ4v) is 5.40. The molecule has 1 aliphatic carbocycles. The van der Waals surface area contributed by atoms with E-state index in [0.717, 1.165) is 43.4 Å². The quantitative estimate of drug-likeness (QED) is 0.485. The summed E-state index contributed by atoms with van der Waals surface area (Å²) in [6.07, 6.45) is 9.09. The second kappa shape index (κ2) is 11.0. The lowest BCUT2D eigenvalue weighted by atomic mass is 10.0. The van der Waals surface area contributed by atoms with Crippen molar-refractivity contribution in [3.8, 4) is 10.7 Å². The first-order chi connectivity index (χ1) is 17.2. The fourth-order valence-electron chi connectivity index (χ4n) is 4.75. The maximum atomic E-state index is 13.7. The number of hydrogen-bond acceptors (Lipinski definition) is 8. The zero-order valence-electron chi connectivity index (χ0n) is 19.5. The molecule has 1 saturated carbocycles. The van der Waals surface area contributed by atoms with Gasteiger partial charge in [-0.3, -0.25) is 14.6 Å². The van der Waals surface area contributed by atoms with E-state index in [1.165, 1.54) is 16.1 Å². The topological polar surface area (TPSA) is 115 Å². The van der Waals surface area contributed by atoms with Crippen molar-refractivity contribution in [2.75, 3.05) is 13.2 Å². The third-order valence-corrected chi connectivity index (χ3v) is 7.36. The van der Waals surface area contributed by atoms with Gasteiger partial charge in [0.1, 0.15) is 12.6 Å². The van der Waals surface area contributed by atoms with E-state index in [9.17, 15) is 9.59 Å². The van der Waals surface area contributed by atoms with Crippen molar-refractivity contribution in [2.24, 2.45) is 0 Å². The first-order valence-corrected chi connectivity index (χ1v) is 13.0. The normalized spacial score (nSPS) is 19.0. The van der Waals surface area contributed by atoms with Gasteiger partial charge < -0.3 is 15.0 Å². The van der Waals surface area contributed by atoms with Gasteiger partial charge in [0.15, 0.2) is 0 Å². The molecule has 0 aromatic carbocycles. The first-order valence-electron chi connectivity index (χ1n) is 12.1. The maximum Gasteiger partial charge on any atom is 0.247 e. The number of tetrazole rings is 1. The second-order valence-electron chi connectivity index (χ2n) is 8.97. The van der Waals surface area contributed by atoms with Gasteiger partial charge in [0.2, 0.25) is 17.6 Å². The highest BCUT2D eigenvalue weighted by Crippen LogP contribution is 2.26. The number of pyridine rings is 1. The monoisotopic (exact) mass is 495 g/mol. The van der Waals surface area contributed by atoms with E-state index in [4.69, 9.17) is 4.74 Å². The summed E-state index contributed by atoms with van der Waals surface area (Å²) in [4.78, 5) is 35.2. The van der Waals surface area contributed by atoms with Crippen molar-refractivity contribution in [3.05, 3.63) is 47.6 Å². The van der Waals surface area contributed by atoms with Crippen LogP contribution in [0.5, 0.6) is 0 Å². The third-order valence-electron chi connectivity index (χ3n) is 6.50. The molecule has 2 aliphatic rings. The molecular formula is C24H29N7O3S. The summed E-state index contributed by atoms with van der Waals surface area (Å²) in [5.41, 5.74) is 0.715. The SMILES string of the molecule is O=C(NC1CCCC1)[C@@H](c1ccncc1)N(C[C@@H]1CCCO1)C(=O)Cn1nnc(-c2cccs2)n1. The van der Waals surface area contributed by atoms with E-state index in [1.54, 1.807) is 29.4 Å². The molecule has 3 aromatic rings. The Morgan fingerprint density at radius 1 is 1.17 bits per heavy atom. The molecule has 0 radical (unpaired) electrons. The highest BCUT2D eigenvalue weighted by atomic mass is 32.1. The van der Waals surface area contributed by atoms with Crippen LogP contribution in [-0.2, 0) is 20.9 Å². The average Bonchev–Trinajstić information content (AvgIpc) is 3.68. The van der Waals surface area contributed by atoms with Crippen molar-refractivity contribution in [3.63, 3.8) is 0 Å². The van der Waals surface area contributed by atoms with E-state index in [-0.39, 0.29) is 30.5 Å². The molecule has 0 unspecified atom stereocenters. The lowest BCUT2D eigenvalue weighted by Crippen LogP contribution is -2.49. The summed E-state index contributed by atoms with van der Waals surface area (Å²) in [5.74, 6) is 0.0300. The summed E-state index contributed by atoms with van der Waals surface area (Å²) in [6.45, 7) is 0.857. The molecule has 1 saturated heterocycles. The van der Waals surface area contributed by atoms with E-state index in [2.05, 4.69) is 25.7 Å². The third kappa shape index (κ3) is 5.73. The zero-order chi connectivity index (χ0) is 24.0. The van der Waals surface area contributed by atoms with Crippen LogP contribution in [0.3, 0.4) is 0 Å². The van der Waals surface area contributed by atoms with Crippen LogP contribution in [0.25, 0.3) is 10.7 Å². The Morgan fingerprint density at radius 2 is 2.00 bits per heavy atom. The number of amides is 2. The minimum atomic E-state index is -0.796. The minimum absolute atomic E-state index is 0.118. The number of nitrogens with one attached hydrogen (secondary N) is 1. The van der Waals surface area contributed by atoms with Crippen LogP contribution >= 0.6 is 11.3 Å². The van der Waals surface area contributed by atoms with Crippen molar-refractivity contribution in [1.82, 2.24) is 35.4 Å². The molecule has 0 bridgehead atoms. The molecule has 3 aromatic heterocycles. The number of aromatic nitrogens is 5. The lowest BCUT2D eigenvalue weighted by molar-refractivity contribution is -0.143. The summed E-state index contributed by atoms with van der Waals surface area (Å²) in [6, 6.07) is 6.74. The van der Waals surface area contributed by atoms with Crippen LogP contribution in [-0.4, -0.2) is 67.2 Å². The molecule has 184 valence electrons. The molecular weight excluding hydrogens is 466 g/mol. The van der Waals surface area contributed by atoms with E-state index >= 15 is 0 Å². The minimum Gasteiger partial charge on any atom is -0.376 e. The Bertz CT molecular complexity index is 1110. The number of ether oxygens (including phenoxy) is 1. The number of hydrogen-bond donors (Lipinski definition) is 1. The number of carbonyl (C=O) groups is 2. The van der Waals surface area contributed by atoms with Crippen LogP contribution in [0.1, 0.15) is 50.1 Å². The Balaban J connectivity index is 1.41. The first kappa shape index (κ1) is 23.6. The molecule has 2 fully saturated rings.